The summed E-state index contributed by atoms with van der Waals surface area (Å²) in [6.07, 6.45) is 3.72. The van der Waals surface area contributed by atoms with E-state index in [0.29, 0.717) is 5.92 Å². The number of hydrogen-bond acceptors (Lipinski definition) is 1. The highest BCUT2D eigenvalue weighted by molar-refractivity contribution is 6.31. The first kappa shape index (κ1) is 14.5. The summed E-state index contributed by atoms with van der Waals surface area (Å²) in [6, 6.07) is 8.23. The average molecular weight is 254 g/mol. The van der Waals surface area contributed by atoms with Gasteiger partial charge in [-0.1, -0.05) is 56.5 Å². The summed E-state index contributed by atoms with van der Waals surface area (Å²) in [4.78, 5) is 0. The second kappa shape index (κ2) is 7.73. The first-order valence-corrected chi connectivity index (χ1v) is 6.99. The summed E-state index contributed by atoms with van der Waals surface area (Å²) in [5, 5.41) is 4.19. The van der Waals surface area contributed by atoms with Crippen molar-refractivity contribution in [1.29, 1.82) is 0 Å². The lowest BCUT2D eigenvalue weighted by Gasteiger charge is -2.23. The lowest BCUT2D eigenvalue weighted by Crippen LogP contribution is -2.20. The van der Waals surface area contributed by atoms with E-state index in [2.05, 4.69) is 31.3 Å². The fourth-order valence-corrected chi connectivity index (χ4v) is 2.69. The average Bonchev–Trinajstić information content (AvgIpc) is 2.35. The molecule has 0 fully saturated rings. The Kier molecular flexibility index (Phi) is 6.61. The van der Waals surface area contributed by atoms with Crippen molar-refractivity contribution in [3.8, 4) is 0 Å². The maximum atomic E-state index is 6.30. The Morgan fingerprint density at radius 3 is 2.35 bits per heavy atom. The molecule has 0 bridgehead atoms. The molecule has 1 aromatic rings. The zero-order valence-corrected chi connectivity index (χ0v) is 11.9. The van der Waals surface area contributed by atoms with Crippen molar-refractivity contribution in [3.05, 3.63) is 34.9 Å². The van der Waals surface area contributed by atoms with E-state index in [1.807, 2.05) is 19.2 Å². The van der Waals surface area contributed by atoms with Crippen molar-refractivity contribution in [2.75, 3.05) is 13.6 Å². The highest BCUT2D eigenvalue weighted by atomic mass is 35.5. The predicted molar refractivity (Wildman–Crippen MR) is 76.8 cm³/mol. The molecule has 17 heavy (non-hydrogen) atoms. The van der Waals surface area contributed by atoms with Gasteiger partial charge in [0.15, 0.2) is 0 Å². The number of hydrogen-bond donors (Lipinski definition) is 1. The van der Waals surface area contributed by atoms with Crippen molar-refractivity contribution >= 4 is 11.6 Å². The number of nitrogens with one attached hydrogen (secondary N) is 1. The second-order valence-electron chi connectivity index (χ2n) is 4.69. The third-order valence-corrected chi connectivity index (χ3v) is 3.91. The minimum Gasteiger partial charge on any atom is -0.319 e. The van der Waals surface area contributed by atoms with E-state index in [1.165, 1.54) is 24.8 Å². The number of halogens is 1. The second-order valence-corrected chi connectivity index (χ2v) is 5.10. The fraction of sp³-hybridized carbons (Fsp3) is 0.600. The molecule has 2 heteroatoms. The minimum absolute atomic E-state index is 0.526. The van der Waals surface area contributed by atoms with E-state index in [4.69, 9.17) is 11.6 Å². The number of benzene rings is 1. The summed E-state index contributed by atoms with van der Waals surface area (Å²) in [5.41, 5.74) is 1.29. The van der Waals surface area contributed by atoms with Crippen LogP contribution in [0.1, 0.15) is 44.6 Å². The molecule has 1 rings (SSSR count). The van der Waals surface area contributed by atoms with E-state index in [-0.39, 0.29) is 0 Å². The van der Waals surface area contributed by atoms with E-state index in [0.717, 1.165) is 17.5 Å². The van der Waals surface area contributed by atoms with Gasteiger partial charge in [0, 0.05) is 11.6 Å². The monoisotopic (exact) mass is 253 g/mol. The van der Waals surface area contributed by atoms with Crippen LogP contribution in [0.2, 0.25) is 5.02 Å². The normalized spacial score (nSPS) is 13.0. The number of rotatable bonds is 7. The van der Waals surface area contributed by atoms with Crippen LogP contribution in [0.15, 0.2) is 24.3 Å². The van der Waals surface area contributed by atoms with Gasteiger partial charge in [-0.05, 0) is 36.9 Å². The Hall–Kier alpha value is -0.530. The Labute approximate surface area is 111 Å². The zero-order chi connectivity index (χ0) is 12.7. The number of likely N-dealkylation sites (N-methyl/N-ethyl adjacent to an activating group) is 1. The summed E-state index contributed by atoms with van der Waals surface area (Å²) in [6.45, 7) is 5.55. The molecule has 0 saturated heterocycles. The van der Waals surface area contributed by atoms with Crippen LogP contribution in [0.4, 0.5) is 0 Å². The molecule has 0 spiro atoms. The zero-order valence-electron chi connectivity index (χ0n) is 11.2. The Morgan fingerprint density at radius 1 is 1.18 bits per heavy atom. The summed E-state index contributed by atoms with van der Waals surface area (Å²) < 4.78 is 0. The van der Waals surface area contributed by atoms with E-state index >= 15 is 0 Å². The molecule has 0 aliphatic heterocycles. The third-order valence-electron chi connectivity index (χ3n) is 3.57. The molecule has 0 heterocycles. The van der Waals surface area contributed by atoms with Gasteiger partial charge < -0.3 is 5.32 Å². The maximum Gasteiger partial charge on any atom is 0.0441 e. The lowest BCUT2D eigenvalue weighted by molar-refractivity contribution is 0.403. The van der Waals surface area contributed by atoms with Gasteiger partial charge in [-0.15, -0.1) is 0 Å². The van der Waals surface area contributed by atoms with Crippen LogP contribution in [0.5, 0.6) is 0 Å². The van der Waals surface area contributed by atoms with Crippen LogP contribution in [0.3, 0.4) is 0 Å². The van der Waals surface area contributed by atoms with E-state index in [9.17, 15) is 0 Å². The third kappa shape index (κ3) is 4.33. The van der Waals surface area contributed by atoms with Gasteiger partial charge in [-0.3, -0.25) is 0 Å². The van der Waals surface area contributed by atoms with Crippen LogP contribution in [-0.4, -0.2) is 13.6 Å². The Morgan fingerprint density at radius 2 is 1.82 bits per heavy atom. The van der Waals surface area contributed by atoms with Crippen molar-refractivity contribution < 1.29 is 0 Å². The molecule has 1 aromatic carbocycles. The van der Waals surface area contributed by atoms with E-state index < -0.39 is 0 Å². The fourth-order valence-electron chi connectivity index (χ4n) is 2.40. The van der Waals surface area contributed by atoms with Crippen molar-refractivity contribution in [2.24, 2.45) is 5.92 Å². The van der Waals surface area contributed by atoms with Gasteiger partial charge in [-0.25, -0.2) is 0 Å². The standard InChI is InChI=1S/C15H24ClN/c1-4-12(5-2)10-13(11-17-3)14-8-6-7-9-15(14)16/h6-9,12-13,17H,4-5,10-11H2,1-3H3. The molecule has 0 aliphatic carbocycles. The first-order valence-electron chi connectivity index (χ1n) is 6.61. The van der Waals surface area contributed by atoms with Gasteiger partial charge in [0.05, 0.1) is 0 Å². The molecule has 0 aromatic heterocycles. The Balaban J connectivity index is 2.81. The van der Waals surface area contributed by atoms with Gasteiger partial charge in [0.2, 0.25) is 0 Å². The molecule has 1 nitrogen and oxygen atoms in total. The summed E-state index contributed by atoms with van der Waals surface area (Å²) in [7, 11) is 2.01. The largest absolute Gasteiger partial charge is 0.319 e. The molecule has 1 unspecified atom stereocenters. The van der Waals surface area contributed by atoms with Gasteiger partial charge >= 0.3 is 0 Å². The smallest absolute Gasteiger partial charge is 0.0441 e. The molecule has 1 atom stereocenters. The molecule has 0 aliphatic rings. The van der Waals surface area contributed by atoms with Crippen LogP contribution < -0.4 is 5.32 Å². The van der Waals surface area contributed by atoms with Crippen molar-refractivity contribution in [1.82, 2.24) is 5.32 Å². The van der Waals surface area contributed by atoms with Gasteiger partial charge in [-0.2, -0.15) is 0 Å². The molecule has 0 radical (unpaired) electrons. The van der Waals surface area contributed by atoms with Crippen molar-refractivity contribution in [2.45, 2.75) is 39.0 Å². The predicted octanol–water partition coefficient (Wildman–Crippen LogP) is 4.47. The lowest BCUT2D eigenvalue weighted by atomic mass is 9.86. The quantitative estimate of drug-likeness (QED) is 0.756. The molecular formula is C15H24ClN. The van der Waals surface area contributed by atoms with E-state index in [1.54, 1.807) is 0 Å². The van der Waals surface area contributed by atoms with Gasteiger partial charge in [0.25, 0.3) is 0 Å². The molecule has 96 valence electrons. The highest BCUT2D eigenvalue weighted by Gasteiger charge is 2.17. The van der Waals surface area contributed by atoms with Crippen LogP contribution in [-0.2, 0) is 0 Å². The van der Waals surface area contributed by atoms with Crippen LogP contribution >= 0.6 is 11.6 Å². The maximum absolute atomic E-state index is 6.30. The SMILES string of the molecule is CCC(CC)CC(CNC)c1ccccc1Cl. The molecular weight excluding hydrogens is 230 g/mol. The summed E-state index contributed by atoms with van der Waals surface area (Å²) >= 11 is 6.30. The molecule has 1 N–H and O–H groups in total. The van der Waals surface area contributed by atoms with Crippen molar-refractivity contribution in [3.63, 3.8) is 0 Å². The topological polar surface area (TPSA) is 12.0 Å². The Bertz CT molecular complexity index is 320. The van der Waals surface area contributed by atoms with Crippen LogP contribution in [0, 0.1) is 5.92 Å². The molecule has 0 amide bonds. The van der Waals surface area contributed by atoms with Crippen LogP contribution in [0.25, 0.3) is 0 Å². The minimum atomic E-state index is 0.526. The first-order chi connectivity index (χ1) is 8.22. The summed E-state index contributed by atoms with van der Waals surface area (Å²) in [5.74, 6) is 1.32. The van der Waals surface area contributed by atoms with Gasteiger partial charge in [0.1, 0.15) is 0 Å². The molecule has 0 saturated carbocycles. The highest BCUT2D eigenvalue weighted by Crippen LogP contribution is 2.31.